The van der Waals surface area contributed by atoms with Gasteiger partial charge in [0.25, 0.3) is 0 Å². The first kappa shape index (κ1) is 20.5. The molecule has 1 aliphatic carbocycles. The fourth-order valence-electron chi connectivity index (χ4n) is 4.73. The number of rotatable bonds is 8. The summed E-state index contributed by atoms with van der Waals surface area (Å²) in [5.74, 6) is 1.00. The second-order valence-corrected chi connectivity index (χ2v) is 8.44. The smallest absolute Gasteiger partial charge is 0.115 e. The number of hydrogen-bond donors (Lipinski definition) is 1. The molecule has 0 heterocycles. The third-order valence-electron chi connectivity index (χ3n) is 6.49. The van der Waals surface area contributed by atoms with Crippen LogP contribution in [0, 0.1) is 17.2 Å². The molecule has 0 saturated heterocycles. The minimum absolute atomic E-state index is 0.252. The van der Waals surface area contributed by atoms with Crippen molar-refractivity contribution in [2.24, 2.45) is 5.92 Å². The summed E-state index contributed by atoms with van der Waals surface area (Å²) in [7, 11) is 0. The van der Waals surface area contributed by atoms with Crippen molar-refractivity contribution < 1.29 is 5.11 Å². The Bertz CT molecular complexity index is 782. The van der Waals surface area contributed by atoms with Gasteiger partial charge in [0.2, 0.25) is 0 Å². The number of unbranched alkanes of at least 4 members (excludes halogenated alkanes) is 4. The standard InChI is InChI=1S/C26H33NO/c1-2-3-4-5-7-10-21-15-17-26(20-27,18-16-21)25-19-23(28)13-14-24(25)22-11-8-6-9-12-22/h6,8-9,11-14,19,21,28H,2-5,7,10,15-18H2,1H3. The van der Waals surface area contributed by atoms with Crippen molar-refractivity contribution >= 4 is 0 Å². The number of nitrogens with zero attached hydrogens (tertiary/aromatic N) is 1. The van der Waals surface area contributed by atoms with Crippen LogP contribution in [0.5, 0.6) is 5.75 Å². The van der Waals surface area contributed by atoms with Crippen molar-refractivity contribution in [2.45, 2.75) is 76.5 Å². The minimum atomic E-state index is -0.484. The molecule has 0 amide bonds. The molecule has 0 radical (unpaired) electrons. The van der Waals surface area contributed by atoms with Gasteiger partial charge in [0.05, 0.1) is 11.5 Å². The predicted molar refractivity (Wildman–Crippen MR) is 116 cm³/mol. The summed E-state index contributed by atoms with van der Waals surface area (Å²) in [6.45, 7) is 2.26. The van der Waals surface area contributed by atoms with Crippen molar-refractivity contribution in [2.75, 3.05) is 0 Å². The van der Waals surface area contributed by atoms with Gasteiger partial charge >= 0.3 is 0 Å². The summed E-state index contributed by atoms with van der Waals surface area (Å²) in [6, 6.07) is 18.4. The van der Waals surface area contributed by atoms with Crippen LogP contribution in [0.15, 0.2) is 48.5 Å². The molecule has 1 N–H and O–H groups in total. The molecule has 0 unspecified atom stereocenters. The van der Waals surface area contributed by atoms with Crippen LogP contribution in [0.25, 0.3) is 11.1 Å². The highest BCUT2D eigenvalue weighted by molar-refractivity contribution is 5.71. The first-order valence-electron chi connectivity index (χ1n) is 11.0. The Balaban J connectivity index is 1.74. The number of phenols is 1. The van der Waals surface area contributed by atoms with Crippen LogP contribution in [-0.4, -0.2) is 5.11 Å². The van der Waals surface area contributed by atoms with E-state index in [9.17, 15) is 10.4 Å². The highest BCUT2D eigenvalue weighted by Crippen LogP contribution is 2.46. The van der Waals surface area contributed by atoms with Crippen LogP contribution >= 0.6 is 0 Å². The van der Waals surface area contributed by atoms with Crippen molar-refractivity contribution in [3.8, 4) is 22.9 Å². The molecule has 0 aliphatic heterocycles. The van der Waals surface area contributed by atoms with Gasteiger partial charge in [-0.1, -0.05) is 81.8 Å². The van der Waals surface area contributed by atoms with E-state index >= 15 is 0 Å². The Kier molecular flexibility index (Phi) is 7.15. The molecule has 2 heteroatoms. The Hall–Kier alpha value is -2.27. The van der Waals surface area contributed by atoms with E-state index in [1.165, 1.54) is 38.5 Å². The molecule has 1 saturated carbocycles. The molecule has 28 heavy (non-hydrogen) atoms. The lowest BCUT2D eigenvalue weighted by Crippen LogP contribution is -2.31. The first-order chi connectivity index (χ1) is 13.7. The zero-order valence-electron chi connectivity index (χ0n) is 17.2. The normalized spacial score (nSPS) is 21.9. The molecule has 148 valence electrons. The van der Waals surface area contributed by atoms with Crippen molar-refractivity contribution in [1.29, 1.82) is 5.26 Å². The molecule has 3 rings (SSSR count). The van der Waals surface area contributed by atoms with E-state index in [0.29, 0.717) is 0 Å². The number of nitriles is 1. The highest BCUT2D eigenvalue weighted by Gasteiger charge is 2.38. The SMILES string of the molecule is CCCCCCCC1CCC(C#N)(c2cc(O)ccc2-c2ccccc2)CC1. The van der Waals surface area contributed by atoms with Crippen LogP contribution in [0.1, 0.15) is 76.7 Å². The summed E-state index contributed by atoms with van der Waals surface area (Å²) < 4.78 is 0. The molecule has 0 bridgehead atoms. The number of aromatic hydroxyl groups is 1. The van der Waals surface area contributed by atoms with Gasteiger partial charge in [0.15, 0.2) is 0 Å². The molecule has 2 aromatic rings. The van der Waals surface area contributed by atoms with E-state index < -0.39 is 5.41 Å². The largest absolute Gasteiger partial charge is 0.508 e. The zero-order chi connectivity index (χ0) is 19.8. The fraction of sp³-hybridized carbons (Fsp3) is 0.500. The van der Waals surface area contributed by atoms with Gasteiger partial charge in [-0.15, -0.1) is 0 Å². The third kappa shape index (κ3) is 4.76. The van der Waals surface area contributed by atoms with Crippen molar-refractivity contribution in [3.63, 3.8) is 0 Å². The monoisotopic (exact) mass is 375 g/mol. The van der Waals surface area contributed by atoms with Crippen molar-refractivity contribution in [3.05, 3.63) is 54.1 Å². The summed E-state index contributed by atoms with van der Waals surface area (Å²) in [5, 5.41) is 20.3. The Labute approximate surface area is 170 Å². The molecular weight excluding hydrogens is 342 g/mol. The van der Waals surface area contributed by atoms with Gasteiger partial charge < -0.3 is 5.11 Å². The van der Waals surface area contributed by atoms with Crippen LogP contribution in [0.2, 0.25) is 0 Å². The number of phenolic OH excluding ortho intramolecular Hbond substituents is 1. The van der Waals surface area contributed by atoms with Crippen molar-refractivity contribution in [1.82, 2.24) is 0 Å². The van der Waals surface area contributed by atoms with E-state index in [2.05, 4.69) is 25.1 Å². The second-order valence-electron chi connectivity index (χ2n) is 8.44. The Morgan fingerprint density at radius 2 is 1.71 bits per heavy atom. The lowest BCUT2D eigenvalue weighted by molar-refractivity contribution is 0.261. The average Bonchev–Trinajstić information content (AvgIpc) is 2.75. The van der Waals surface area contributed by atoms with Crippen LogP contribution < -0.4 is 0 Å². The van der Waals surface area contributed by atoms with Gasteiger partial charge in [-0.2, -0.15) is 5.26 Å². The second kappa shape index (κ2) is 9.78. The molecule has 1 aliphatic rings. The molecule has 2 nitrogen and oxygen atoms in total. The van der Waals surface area contributed by atoms with Gasteiger partial charge in [0, 0.05) is 0 Å². The van der Waals surface area contributed by atoms with Gasteiger partial charge in [-0.3, -0.25) is 0 Å². The molecule has 0 aromatic heterocycles. The maximum atomic E-state index is 10.2. The number of benzene rings is 2. The van der Waals surface area contributed by atoms with E-state index in [1.807, 2.05) is 30.3 Å². The summed E-state index contributed by atoms with van der Waals surface area (Å²) >= 11 is 0. The van der Waals surface area contributed by atoms with Gasteiger partial charge in [-0.25, -0.2) is 0 Å². The maximum Gasteiger partial charge on any atom is 0.115 e. The van der Waals surface area contributed by atoms with Crippen LogP contribution in [0.4, 0.5) is 0 Å². The summed E-state index contributed by atoms with van der Waals surface area (Å²) in [4.78, 5) is 0. The Morgan fingerprint density at radius 3 is 2.39 bits per heavy atom. The van der Waals surface area contributed by atoms with Crippen LogP contribution in [-0.2, 0) is 5.41 Å². The van der Waals surface area contributed by atoms with E-state index in [-0.39, 0.29) is 5.75 Å². The van der Waals surface area contributed by atoms with E-state index in [4.69, 9.17) is 0 Å². The fourth-order valence-corrected chi connectivity index (χ4v) is 4.73. The molecule has 0 atom stereocenters. The molecule has 2 aromatic carbocycles. The highest BCUT2D eigenvalue weighted by atomic mass is 16.3. The quantitative estimate of drug-likeness (QED) is 0.489. The maximum absolute atomic E-state index is 10.2. The van der Waals surface area contributed by atoms with E-state index in [1.54, 1.807) is 6.07 Å². The number of hydrogen-bond acceptors (Lipinski definition) is 2. The van der Waals surface area contributed by atoms with E-state index in [0.717, 1.165) is 48.3 Å². The van der Waals surface area contributed by atoms with Gasteiger partial charge in [-0.05, 0) is 60.4 Å². The molecule has 0 spiro atoms. The minimum Gasteiger partial charge on any atom is -0.508 e. The topological polar surface area (TPSA) is 44.0 Å². The predicted octanol–water partition coefficient (Wildman–Crippen LogP) is 7.37. The Morgan fingerprint density at radius 1 is 1.00 bits per heavy atom. The summed E-state index contributed by atoms with van der Waals surface area (Å²) in [5.41, 5.74) is 2.72. The molecular formula is C26H33NO. The van der Waals surface area contributed by atoms with Crippen LogP contribution in [0.3, 0.4) is 0 Å². The third-order valence-corrected chi connectivity index (χ3v) is 6.49. The lowest BCUT2D eigenvalue weighted by atomic mass is 9.65. The molecule has 1 fully saturated rings. The summed E-state index contributed by atoms with van der Waals surface area (Å²) in [6.07, 6.45) is 12.0. The lowest BCUT2D eigenvalue weighted by Gasteiger charge is -2.36. The average molecular weight is 376 g/mol. The van der Waals surface area contributed by atoms with Gasteiger partial charge in [0.1, 0.15) is 5.75 Å². The first-order valence-corrected chi connectivity index (χ1v) is 11.0. The zero-order valence-corrected chi connectivity index (χ0v) is 17.2.